The van der Waals surface area contributed by atoms with Crippen LogP contribution in [0.15, 0.2) is 71.6 Å². The van der Waals surface area contributed by atoms with Crippen molar-refractivity contribution in [3.05, 3.63) is 89.5 Å². The summed E-state index contributed by atoms with van der Waals surface area (Å²) in [4.78, 5) is 34.1. The van der Waals surface area contributed by atoms with E-state index in [9.17, 15) is 27.4 Å². The molecule has 3 aromatic carbocycles. The van der Waals surface area contributed by atoms with Gasteiger partial charge in [-0.15, -0.1) is 0 Å². The average molecular weight is 531 g/mol. The first kappa shape index (κ1) is 29.3. The summed E-state index contributed by atoms with van der Waals surface area (Å²) in [5.41, 5.74) is 5.92. The van der Waals surface area contributed by atoms with Crippen LogP contribution in [0.1, 0.15) is 22.8 Å². The van der Waals surface area contributed by atoms with Crippen molar-refractivity contribution >= 4 is 28.7 Å². The maximum absolute atomic E-state index is 14.2. The Labute approximate surface area is 216 Å². The number of primary amides is 1. The monoisotopic (exact) mass is 530 g/mol. The molecule has 1 unspecified atom stereocenters. The second-order valence-electron chi connectivity index (χ2n) is 7.79. The lowest BCUT2D eigenvalue weighted by molar-refractivity contribution is -0.120. The second kappa shape index (κ2) is 14.6. The van der Waals surface area contributed by atoms with Crippen LogP contribution in [0.3, 0.4) is 0 Å². The van der Waals surface area contributed by atoms with Crippen LogP contribution in [-0.4, -0.2) is 41.6 Å². The fourth-order valence-electron chi connectivity index (χ4n) is 2.97. The van der Waals surface area contributed by atoms with E-state index in [4.69, 9.17) is 0 Å². The molecule has 3 rings (SSSR count). The number of nitrogens with two attached hydrogens (primary N) is 1. The topological polar surface area (TPSA) is 130 Å². The van der Waals surface area contributed by atoms with Gasteiger partial charge in [-0.1, -0.05) is 42.0 Å². The van der Waals surface area contributed by atoms with Gasteiger partial charge in [-0.2, -0.15) is 0 Å². The predicted octanol–water partition coefficient (Wildman–Crippen LogP) is 2.59. The van der Waals surface area contributed by atoms with E-state index >= 15 is 0 Å². The largest absolute Gasteiger partial charge is 0.370 e. The molecule has 0 fully saturated rings. The quantitative estimate of drug-likeness (QED) is 0.317. The van der Waals surface area contributed by atoms with Crippen LogP contribution in [0, 0.1) is 18.6 Å². The Morgan fingerprint density at radius 2 is 1.51 bits per heavy atom. The maximum Gasteiger partial charge on any atom is 0.254 e. The van der Waals surface area contributed by atoms with Gasteiger partial charge in [-0.3, -0.25) is 14.4 Å². The molecule has 0 radical (unpaired) electrons. The summed E-state index contributed by atoms with van der Waals surface area (Å²) in [5, 5.41) is 5.09. The molecule has 0 aliphatic rings. The summed E-state index contributed by atoms with van der Waals surface area (Å²) in [6, 6.07) is 16.9. The number of aryl methyl sites for hydroxylation is 1. The molecular weight excluding hydrogens is 502 g/mol. The molecule has 3 amide bonds. The minimum Gasteiger partial charge on any atom is -0.370 e. The zero-order valence-electron chi connectivity index (χ0n) is 20.3. The summed E-state index contributed by atoms with van der Waals surface area (Å²) >= 11 is 0. The first-order chi connectivity index (χ1) is 17.6. The third-order valence-electron chi connectivity index (χ3n) is 4.73. The lowest BCUT2D eigenvalue weighted by atomic mass is 10.0. The van der Waals surface area contributed by atoms with Gasteiger partial charge in [-0.25, -0.2) is 17.7 Å². The van der Waals surface area contributed by atoms with E-state index in [0.29, 0.717) is 10.5 Å². The van der Waals surface area contributed by atoms with Gasteiger partial charge in [0.1, 0.15) is 22.6 Å². The Morgan fingerprint density at radius 1 is 0.892 bits per heavy atom. The average Bonchev–Trinajstić information content (AvgIpc) is 2.86. The summed E-state index contributed by atoms with van der Waals surface area (Å²) in [5.74, 6) is -2.63. The molecule has 1 atom stereocenters. The van der Waals surface area contributed by atoms with E-state index in [2.05, 4.69) is 21.1 Å². The smallest absolute Gasteiger partial charge is 0.254 e. The van der Waals surface area contributed by atoms with Crippen molar-refractivity contribution in [1.82, 2.24) is 15.4 Å². The number of nitrogens with one attached hydrogen (secondary N) is 3. The molecule has 0 aromatic heterocycles. The number of benzene rings is 3. The van der Waals surface area contributed by atoms with Crippen molar-refractivity contribution in [1.29, 1.82) is 0 Å². The molecule has 37 heavy (non-hydrogen) atoms. The number of carbonyl (C=O) groups is 3. The standard InChI is InChI=1S/C24H23F2N3O3S.C2H5NO/c1-16-6-9-18(10-7-16)33(32)29-15-23(30)27-12-13-28-24(31)20-14-17(8-11-22(20)26)19-4-2-3-5-21(19)25;1-2(3)4/h2-11,14,29H,12-13,15H2,1H3,(H,27,30)(H,28,31);1H3,(H2,3,4). The molecule has 0 aliphatic carbocycles. The van der Waals surface area contributed by atoms with E-state index in [1.54, 1.807) is 30.3 Å². The molecule has 3 aromatic rings. The van der Waals surface area contributed by atoms with E-state index in [-0.39, 0.29) is 36.7 Å². The normalized spacial score (nSPS) is 11.0. The Kier molecular flexibility index (Phi) is 11.5. The molecule has 0 saturated carbocycles. The van der Waals surface area contributed by atoms with Crippen molar-refractivity contribution < 1.29 is 27.4 Å². The van der Waals surface area contributed by atoms with Crippen LogP contribution in [0.2, 0.25) is 0 Å². The number of carbonyl (C=O) groups excluding carboxylic acids is 3. The van der Waals surface area contributed by atoms with Gasteiger partial charge >= 0.3 is 0 Å². The zero-order chi connectivity index (χ0) is 27.4. The van der Waals surface area contributed by atoms with Crippen LogP contribution in [0.5, 0.6) is 0 Å². The number of rotatable bonds is 9. The fourth-order valence-corrected chi connectivity index (χ4v) is 3.79. The van der Waals surface area contributed by atoms with E-state index in [0.717, 1.165) is 11.6 Å². The second-order valence-corrected chi connectivity index (χ2v) is 9.09. The Bertz CT molecular complexity index is 1270. The van der Waals surface area contributed by atoms with Crippen LogP contribution in [0.4, 0.5) is 8.78 Å². The Morgan fingerprint density at radius 3 is 2.16 bits per heavy atom. The van der Waals surface area contributed by atoms with Gasteiger partial charge in [0.25, 0.3) is 5.91 Å². The molecule has 196 valence electrons. The molecule has 0 spiro atoms. The molecule has 0 bridgehead atoms. The minimum absolute atomic E-state index is 0.0506. The third-order valence-corrected chi connectivity index (χ3v) is 5.83. The molecule has 0 heterocycles. The van der Waals surface area contributed by atoms with Crippen molar-refractivity contribution in [3.8, 4) is 11.1 Å². The lowest BCUT2D eigenvalue weighted by Gasteiger charge is -2.10. The Balaban J connectivity index is 0.00000112. The molecule has 0 saturated heterocycles. The maximum atomic E-state index is 14.2. The number of halogens is 2. The lowest BCUT2D eigenvalue weighted by Crippen LogP contribution is -2.39. The third kappa shape index (κ3) is 9.90. The highest BCUT2D eigenvalue weighted by atomic mass is 32.2. The highest BCUT2D eigenvalue weighted by Crippen LogP contribution is 2.24. The summed E-state index contributed by atoms with van der Waals surface area (Å²) in [7, 11) is -1.52. The summed E-state index contributed by atoms with van der Waals surface area (Å²) in [6.07, 6.45) is 0. The SMILES string of the molecule is CC(N)=O.Cc1ccc(S(=O)NCC(=O)NCCNC(=O)c2cc(-c3ccccc3F)ccc2F)cc1. The fraction of sp³-hybridized carbons (Fsp3) is 0.192. The van der Waals surface area contributed by atoms with Crippen molar-refractivity contribution in [2.24, 2.45) is 5.73 Å². The number of amides is 3. The van der Waals surface area contributed by atoms with Gasteiger partial charge in [-0.05, 0) is 42.8 Å². The van der Waals surface area contributed by atoms with Gasteiger partial charge in [0.05, 0.1) is 17.0 Å². The molecular formula is C26H28F2N4O4S. The molecule has 0 aliphatic heterocycles. The van der Waals surface area contributed by atoms with Gasteiger partial charge in [0.2, 0.25) is 11.8 Å². The van der Waals surface area contributed by atoms with Gasteiger partial charge in [0, 0.05) is 25.6 Å². The van der Waals surface area contributed by atoms with Gasteiger partial charge in [0.15, 0.2) is 0 Å². The van der Waals surface area contributed by atoms with Crippen molar-refractivity contribution in [2.75, 3.05) is 19.6 Å². The highest BCUT2D eigenvalue weighted by Gasteiger charge is 2.14. The first-order valence-corrected chi connectivity index (χ1v) is 12.3. The minimum atomic E-state index is -1.52. The highest BCUT2D eigenvalue weighted by molar-refractivity contribution is 7.83. The predicted molar refractivity (Wildman–Crippen MR) is 138 cm³/mol. The van der Waals surface area contributed by atoms with E-state index in [1.165, 1.54) is 25.1 Å². The van der Waals surface area contributed by atoms with Crippen LogP contribution >= 0.6 is 0 Å². The van der Waals surface area contributed by atoms with Crippen molar-refractivity contribution in [2.45, 2.75) is 18.7 Å². The molecule has 11 heteroatoms. The van der Waals surface area contributed by atoms with Gasteiger partial charge < -0.3 is 16.4 Å². The summed E-state index contributed by atoms with van der Waals surface area (Å²) < 4.78 is 42.9. The number of hydrogen-bond donors (Lipinski definition) is 4. The molecule has 5 N–H and O–H groups in total. The van der Waals surface area contributed by atoms with E-state index in [1.807, 2.05) is 19.1 Å². The first-order valence-electron chi connectivity index (χ1n) is 11.2. The van der Waals surface area contributed by atoms with E-state index < -0.39 is 34.4 Å². The summed E-state index contributed by atoms with van der Waals surface area (Å²) in [6.45, 7) is 3.20. The van der Waals surface area contributed by atoms with Crippen molar-refractivity contribution in [3.63, 3.8) is 0 Å². The van der Waals surface area contributed by atoms with Crippen LogP contribution < -0.4 is 21.1 Å². The number of hydrogen-bond acceptors (Lipinski definition) is 4. The van der Waals surface area contributed by atoms with Crippen LogP contribution in [-0.2, 0) is 20.6 Å². The Hall–Kier alpha value is -3.96. The molecule has 8 nitrogen and oxygen atoms in total. The zero-order valence-corrected chi connectivity index (χ0v) is 21.2. The van der Waals surface area contributed by atoms with Crippen LogP contribution in [0.25, 0.3) is 11.1 Å².